The molecule has 1 atom stereocenters. The molecule has 122 valence electrons. The molecule has 5 nitrogen and oxygen atoms in total. The van der Waals surface area contributed by atoms with Crippen molar-refractivity contribution in [1.82, 2.24) is 10.1 Å². The monoisotopic (exact) mass is 385 g/mol. The second kappa shape index (κ2) is 6.02. The molecular formula is C18H16BrN3O2. The van der Waals surface area contributed by atoms with E-state index in [0.29, 0.717) is 17.3 Å². The number of nitrogens with zero attached hydrogens (tertiary/aromatic N) is 2. The number of anilines is 1. The highest BCUT2D eigenvalue weighted by molar-refractivity contribution is 9.10. The van der Waals surface area contributed by atoms with Gasteiger partial charge in [-0.3, -0.25) is 9.78 Å². The second-order valence-corrected chi connectivity index (χ2v) is 7.08. The third-order valence-electron chi connectivity index (χ3n) is 4.47. The van der Waals surface area contributed by atoms with Crippen molar-refractivity contribution >= 4 is 38.4 Å². The Bertz CT molecular complexity index is 935. The number of halogens is 1. The summed E-state index contributed by atoms with van der Waals surface area (Å²) in [6.45, 7) is 2.18. The van der Waals surface area contributed by atoms with Gasteiger partial charge >= 0.3 is 0 Å². The maximum absolute atomic E-state index is 12.7. The number of nitrogens with one attached hydrogen (secondary N) is 1. The first-order valence-corrected chi connectivity index (χ1v) is 8.75. The number of fused-ring (bicyclic) bond motifs is 2. The molecule has 0 bridgehead atoms. The molecule has 24 heavy (non-hydrogen) atoms. The Morgan fingerprint density at radius 2 is 2.25 bits per heavy atom. The highest BCUT2D eigenvalue weighted by Crippen LogP contribution is 2.30. The molecule has 1 aromatic carbocycles. The summed E-state index contributed by atoms with van der Waals surface area (Å²) in [6.07, 6.45) is 4.47. The zero-order chi connectivity index (χ0) is 16.7. The molecule has 0 spiro atoms. The number of aryl methyl sites for hydroxylation is 1. The van der Waals surface area contributed by atoms with E-state index in [1.54, 1.807) is 6.20 Å². The minimum Gasteiger partial charge on any atom is -0.360 e. The van der Waals surface area contributed by atoms with Gasteiger partial charge in [0.25, 0.3) is 5.91 Å². The van der Waals surface area contributed by atoms with Crippen molar-refractivity contribution in [2.45, 2.75) is 26.2 Å². The maximum atomic E-state index is 12.7. The van der Waals surface area contributed by atoms with Gasteiger partial charge in [0.15, 0.2) is 5.69 Å². The summed E-state index contributed by atoms with van der Waals surface area (Å²) in [7, 11) is 0. The number of hydrogen-bond acceptors (Lipinski definition) is 4. The standard InChI is InChI=1S/C18H16BrN3O2/c1-10-4-7-15-12(9-10)17(22-24-15)18(23)21-14-6-5-13(19)11-3-2-8-20-16(11)14/h2-3,5-6,8,10H,4,7,9H2,1H3,(H,21,23)/t10-/m1/s1. The molecular weight excluding hydrogens is 370 g/mol. The highest BCUT2D eigenvalue weighted by Gasteiger charge is 2.27. The van der Waals surface area contributed by atoms with E-state index in [-0.39, 0.29) is 5.91 Å². The van der Waals surface area contributed by atoms with Gasteiger partial charge in [0, 0.05) is 28.0 Å². The number of carbonyl (C=O) groups is 1. The lowest BCUT2D eigenvalue weighted by Gasteiger charge is -2.16. The molecule has 0 radical (unpaired) electrons. The molecule has 1 aliphatic carbocycles. The average Bonchev–Trinajstić information content (AvgIpc) is 3.00. The molecule has 3 aromatic rings. The van der Waals surface area contributed by atoms with Crippen LogP contribution in [-0.2, 0) is 12.8 Å². The van der Waals surface area contributed by atoms with Crippen molar-refractivity contribution < 1.29 is 9.32 Å². The summed E-state index contributed by atoms with van der Waals surface area (Å²) in [4.78, 5) is 17.1. The van der Waals surface area contributed by atoms with Gasteiger partial charge in [-0.2, -0.15) is 0 Å². The Labute approximate surface area is 147 Å². The zero-order valence-electron chi connectivity index (χ0n) is 13.2. The van der Waals surface area contributed by atoms with E-state index in [0.717, 1.165) is 46.0 Å². The van der Waals surface area contributed by atoms with Gasteiger partial charge < -0.3 is 9.84 Å². The van der Waals surface area contributed by atoms with Crippen molar-refractivity contribution in [1.29, 1.82) is 0 Å². The van der Waals surface area contributed by atoms with Crippen molar-refractivity contribution in [2.24, 2.45) is 5.92 Å². The lowest BCUT2D eigenvalue weighted by molar-refractivity contribution is 0.101. The smallest absolute Gasteiger partial charge is 0.278 e. The predicted octanol–water partition coefficient (Wildman–Crippen LogP) is 4.36. The van der Waals surface area contributed by atoms with Crippen molar-refractivity contribution in [2.75, 3.05) is 5.32 Å². The van der Waals surface area contributed by atoms with E-state index in [2.05, 4.69) is 38.3 Å². The van der Waals surface area contributed by atoms with Crippen LogP contribution in [0, 0.1) is 5.92 Å². The Balaban J connectivity index is 1.69. The lowest BCUT2D eigenvalue weighted by Crippen LogP contribution is -2.18. The molecule has 1 amide bonds. The summed E-state index contributed by atoms with van der Waals surface area (Å²) in [5.41, 5.74) is 2.74. The average molecular weight is 386 g/mol. The Hall–Kier alpha value is -2.21. The minimum atomic E-state index is -0.247. The second-order valence-electron chi connectivity index (χ2n) is 6.23. The van der Waals surface area contributed by atoms with Crippen LogP contribution in [-0.4, -0.2) is 16.0 Å². The normalized spacial score (nSPS) is 16.8. The first-order chi connectivity index (χ1) is 11.6. The zero-order valence-corrected chi connectivity index (χ0v) is 14.8. The van der Waals surface area contributed by atoms with Crippen LogP contribution >= 0.6 is 15.9 Å². The van der Waals surface area contributed by atoms with Crippen LogP contribution in [0.25, 0.3) is 10.9 Å². The van der Waals surface area contributed by atoms with Crippen molar-refractivity contribution in [3.05, 3.63) is 52.0 Å². The van der Waals surface area contributed by atoms with Crippen LogP contribution in [0.1, 0.15) is 35.2 Å². The van der Waals surface area contributed by atoms with E-state index >= 15 is 0 Å². The third kappa shape index (κ3) is 2.60. The fraction of sp³-hybridized carbons (Fsp3) is 0.278. The van der Waals surface area contributed by atoms with Gasteiger partial charge in [-0.25, -0.2) is 0 Å². The molecule has 1 aliphatic rings. The van der Waals surface area contributed by atoms with Gasteiger partial charge in [0.2, 0.25) is 0 Å². The van der Waals surface area contributed by atoms with Gasteiger partial charge in [-0.1, -0.05) is 34.1 Å². The van der Waals surface area contributed by atoms with Crippen LogP contribution < -0.4 is 5.32 Å². The molecule has 2 heterocycles. The van der Waals surface area contributed by atoms with Gasteiger partial charge in [0.05, 0.1) is 11.2 Å². The van der Waals surface area contributed by atoms with E-state index in [1.807, 2.05) is 24.3 Å². The predicted molar refractivity (Wildman–Crippen MR) is 95.1 cm³/mol. The van der Waals surface area contributed by atoms with Crippen LogP contribution in [0.15, 0.2) is 39.5 Å². The van der Waals surface area contributed by atoms with Crippen LogP contribution in [0.3, 0.4) is 0 Å². The molecule has 1 N–H and O–H groups in total. The third-order valence-corrected chi connectivity index (χ3v) is 5.16. The Morgan fingerprint density at radius 1 is 1.38 bits per heavy atom. The summed E-state index contributed by atoms with van der Waals surface area (Å²) in [6, 6.07) is 7.57. The molecule has 0 fully saturated rings. The van der Waals surface area contributed by atoms with Crippen LogP contribution in [0.2, 0.25) is 0 Å². The molecule has 0 saturated heterocycles. The van der Waals surface area contributed by atoms with Crippen molar-refractivity contribution in [3.63, 3.8) is 0 Å². The summed E-state index contributed by atoms with van der Waals surface area (Å²) in [5.74, 6) is 1.14. The summed E-state index contributed by atoms with van der Waals surface area (Å²) >= 11 is 3.51. The molecule has 0 aliphatic heterocycles. The van der Waals surface area contributed by atoms with Crippen LogP contribution in [0.4, 0.5) is 5.69 Å². The highest BCUT2D eigenvalue weighted by atomic mass is 79.9. The number of carbonyl (C=O) groups excluding carboxylic acids is 1. The van der Waals surface area contributed by atoms with Gasteiger partial charge in [-0.15, -0.1) is 0 Å². The SMILES string of the molecule is C[C@@H]1CCc2onc(C(=O)Nc3ccc(Br)c4cccnc34)c2C1. The first kappa shape index (κ1) is 15.3. The lowest BCUT2D eigenvalue weighted by atomic mass is 9.88. The Morgan fingerprint density at radius 3 is 3.12 bits per heavy atom. The van der Waals surface area contributed by atoms with Gasteiger partial charge in [-0.05, 0) is 37.0 Å². The molecule has 6 heteroatoms. The number of pyridine rings is 1. The van der Waals surface area contributed by atoms with E-state index in [9.17, 15) is 4.79 Å². The fourth-order valence-corrected chi connectivity index (χ4v) is 3.63. The molecule has 0 saturated carbocycles. The number of benzene rings is 1. The number of aromatic nitrogens is 2. The molecule has 0 unspecified atom stereocenters. The number of amides is 1. The topological polar surface area (TPSA) is 68.0 Å². The largest absolute Gasteiger partial charge is 0.360 e. The number of hydrogen-bond donors (Lipinski definition) is 1. The van der Waals surface area contributed by atoms with E-state index in [4.69, 9.17) is 4.52 Å². The quantitative estimate of drug-likeness (QED) is 0.711. The van der Waals surface area contributed by atoms with Crippen molar-refractivity contribution in [3.8, 4) is 0 Å². The Kier molecular flexibility index (Phi) is 3.84. The summed E-state index contributed by atoms with van der Waals surface area (Å²) < 4.78 is 6.31. The van der Waals surface area contributed by atoms with E-state index in [1.165, 1.54) is 0 Å². The first-order valence-electron chi connectivity index (χ1n) is 7.95. The fourth-order valence-electron chi connectivity index (χ4n) is 3.18. The van der Waals surface area contributed by atoms with E-state index < -0.39 is 0 Å². The minimum absolute atomic E-state index is 0.247. The van der Waals surface area contributed by atoms with Gasteiger partial charge in [0.1, 0.15) is 5.76 Å². The molecule has 2 aromatic heterocycles. The van der Waals surface area contributed by atoms with Crippen LogP contribution in [0.5, 0.6) is 0 Å². The number of rotatable bonds is 2. The maximum Gasteiger partial charge on any atom is 0.278 e. The summed E-state index contributed by atoms with van der Waals surface area (Å²) in [5, 5.41) is 7.89. The molecule has 4 rings (SSSR count).